The molecule has 0 radical (unpaired) electrons. The van der Waals surface area contributed by atoms with E-state index in [9.17, 15) is 9.59 Å². The van der Waals surface area contributed by atoms with Crippen LogP contribution in [0.4, 0.5) is 0 Å². The molecule has 2 aliphatic rings. The van der Waals surface area contributed by atoms with Gasteiger partial charge in [-0.2, -0.15) is 0 Å². The minimum atomic E-state index is -0.118. The molecule has 3 rings (SSSR count). The van der Waals surface area contributed by atoms with Gasteiger partial charge in [-0.3, -0.25) is 9.59 Å². The molecule has 0 spiro atoms. The van der Waals surface area contributed by atoms with Crippen molar-refractivity contribution in [1.82, 2.24) is 9.80 Å². The number of hydrogen-bond donors (Lipinski definition) is 0. The third kappa shape index (κ3) is 3.16. The van der Waals surface area contributed by atoms with Gasteiger partial charge in [0, 0.05) is 26.2 Å². The average Bonchev–Trinajstić information content (AvgIpc) is 3.01. The Labute approximate surface area is 130 Å². The summed E-state index contributed by atoms with van der Waals surface area (Å²) in [4.78, 5) is 28.6. The van der Waals surface area contributed by atoms with Crippen LogP contribution in [0, 0.1) is 12.8 Å². The van der Waals surface area contributed by atoms with Gasteiger partial charge in [-0.05, 0) is 31.9 Å². The smallest absolute Gasteiger partial charge is 0.289 e. The number of amides is 2. The van der Waals surface area contributed by atoms with E-state index in [4.69, 9.17) is 9.15 Å². The fourth-order valence-electron chi connectivity index (χ4n) is 3.11. The van der Waals surface area contributed by atoms with E-state index >= 15 is 0 Å². The number of carbonyl (C=O) groups excluding carboxylic acids is 2. The molecular weight excluding hydrogens is 284 g/mol. The molecule has 6 nitrogen and oxygen atoms in total. The van der Waals surface area contributed by atoms with Gasteiger partial charge in [0.1, 0.15) is 5.76 Å². The summed E-state index contributed by atoms with van der Waals surface area (Å²) < 4.78 is 10.7. The van der Waals surface area contributed by atoms with Crippen molar-refractivity contribution < 1.29 is 18.7 Å². The predicted molar refractivity (Wildman–Crippen MR) is 79.5 cm³/mol. The van der Waals surface area contributed by atoms with Crippen LogP contribution in [0.3, 0.4) is 0 Å². The van der Waals surface area contributed by atoms with E-state index in [-0.39, 0.29) is 17.7 Å². The molecule has 2 saturated heterocycles. The second-order valence-corrected chi connectivity index (χ2v) is 5.94. The molecule has 2 aliphatic heterocycles. The van der Waals surface area contributed by atoms with E-state index in [1.54, 1.807) is 17.0 Å². The van der Waals surface area contributed by atoms with E-state index in [0.29, 0.717) is 45.2 Å². The first-order chi connectivity index (χ1) is 10.6. The third-order valence-corrected chi connectivity index (χ3v) is 4.33. The van der Waals surface area contributed by atoms with Crippen molar-refractivity contribution in [1.29, 1.82) is 0 Å². The largest absolute Gasteiger partial charge is 0.456 e. The molecule has 1 atom stereocenters. The summed E-state index contributed by atoms with van der Waals surface area (Å²) in [7, 11) is 0. The minimum Gasteiger partial charge on any atom is -0.456 e. The van der Waals surface area contributed by atoms with Crippen molar-refractivity contribution in [2.75, 3.05) is 39.4 Å². The number of furan rings is 1. The first-order valence-corrected chi connectivity index (χ1v) is 7.87. The van der Waals surface area contributed by atoms with Crippen LogP contribution in [0.15, 0.2) is 16.5 Å². The highest BCUT2D eigenvalue weighted by Crippen LogP contribution is 2.21. The topological polar surface area (TPSA) is 63.0 Å². The number of piperidine rings is 1. The van der Waals surface area contributed by atoms with E-state index in [2.05, 4.69) is 0 Å². The zero-order valence-electron chi connectivity index (χ0n) is 12.9. The highest BCUT2D eigenvalue weighted by molar-refractivity contribution is 5.92. The van der Waals surface area contributed by atoms with Gasteiger partial charge < -0.3 is 19.0 Å². The summed E-state index contributed by atoms with van der Waals surface area (Å²) in [6, 6.07) is 3.48. The lowest BCUT2D eigenvalue weighted by Crippen LogP contribution is -2.49. The normalized spacial score (nSPS) is 22.7. The Morgan fingerprint density at radius 2 is 1.91 bits per heavy atom. The van der Waals surface area contributed by atoms with Crippen molar-refractivity contribution in [2.24, 2.45) is 5.92 Å². The van der Waals surface area contributed by atoms with Crippen molar-refractivity contribution >= 4 is 11.8 Å². The summed E-state index contributed by atoms with van der Waals surface area (Å²) in [6.45, 7) is 5.50. The van der Waals surface area contributed by atoms with Gasteiger partial charge >= 0.3 is 0 Å². The Hall–Kier alpha value is -1.82. The van der Waals surface area contributed by atoms with Gasteiger partial charge in [0.15, 0.2) is 5.76 Å². The van der Waals surface area contributed by atoms with Crippen LogP contribution < -0.4 is 0 Å². The summed E-state index contributed by atoms with van der Waals surface area (Å²) in [5.41, 5.74) is 0. The van der Waals surface area contributed by atoms with Crippen LogP contribution in [0.2, 0.25) is 0 Å². The fraction of sp³-hybridized carbons (Fsp3) is 0.625. The van der Waals surface area contributed by atoms with Crippen LogP contribution >= 0.6 is 0 Å². The highest BCUT2D eigenvalue weighted by Gasteiger charge is 2.32. The lowest BCUT2D eigenvalue weighted by molar-refractivity contribution is -0.141. The van der Waals surface area contributed by atoms with Crippen molar-refractivity contribution in [2.45, 2.75) is 19.8 Å². The highest BCUT2D eigenvalue weighted by atomic mass is 16.5. The van der Waals surface area contributed by atoms with Gasteiger partial charge in [0.05, 0.1) is 19.1 Å². The lowest BCUT2D eigenvalue weighted by atomic mass is 9.96. The first-order valence-electron chi connectivity index (χ1n) is 7.87. The Balaban J connectivity index is 1.63. The molecule has 1 unspecified atom stereocenters. The average molecular weight is 306 g/mol. The van der Waals surface area contributed by atoms with Crippen LogP contribution in [-0.2, 0) is 9.53 Å². The van der Waals surface area contributed by atoms with E-state index < -0.39 is 0 Å². The summed E-state index contributed by atoms with van der Waals surface area (Å²) in [5, 5.41) is 0. The zero-order chi connectivity index (χ0) is 15.5. The standard InChI is InChI=1S/C16H22N2O4/c1-12-4-5-14(22-12)16(20)18-6-2-3-13(11-18)15(19)17-7-9-21-10-8-17/h4-5,13H,2-3,6-11H2,1H3. The molecule has 2 amide bonds. The molecule has 3 heterocycles. The number of likely N-dealkylation sites (tertiary alicyclic amines) is 1. The number of hydrogen-bond acceptors (Lipinski definition) is 4. The molecule has 0 N–H and O–H groups in total. The zero-order valence-corrected chi connectivity index (χ0v) is 12.9. The van der Waals surface area contributed by atoms with Gasteiger partial charge in [0.2, 0.25) is 5.91 Å². The first kappa shape index (κ1) is 15.1. The van der Waals surface area contributed by atoms with Crippen LogP contribution in [0.5, 0.6) is 0 Å². The second-order valence-electron chi connectivity index (χ2n) is 5.94. The van der Waals surface area contributed by atoms with E-state index in [1.807, 2.05) is 11.8 Å². The maximum atomic E-state index is 12.6. The summed E-state index contributed by atoms with van der Waals surface area (Å²) >= 11 is 0. The number of ether oxygens (including phenoxy) is 1. The van der Waals surface area contributed by atoms with Crippen molar-refractivity contribution in [3.63, 3.8) is 0 Å². The third-order valence-electron chi connectivity index (χ3n) is 4.33. The monoisotopic (exact) mass is 306 g/mol. The van der Waals surface area contributed by atoms with Crippen molar-refractivity contribution in [3.05, 3.63) is 23.7 Å². The summed E-state index contributed by atoms with van der Waals surface area (Å²) in [6.07, 6.45) is 1.70. The predicted octanol–water partition coefficient (Wildman–Crippen LogP) is 1.30. The van der Waals surface area contributed by atoms with Gasteiger partial charge in [-0.15, -0.1) is 0 Å². The molecule has 0 bridgehead atoms. The molecule has 6 heteroatoms. The van der Waals surface area contributed by atoms with Gasteiger partial charge in [-0.1, -0.05) is 0 Å². The molecule has 0 saturated carbocycles. The molecule has 2 fully saturated rings. The molecule has 0 aromatic carbocycles. The molecular formula is C16H22N2O4. The number of nitrogens with zero attached hydrogens (tertiary/aromatic N) is 2. The van der Waals surface area contributed by atoms with Crippen LogP contribution in [0.25, 0.3) is 0 Å². The molecule has 0 aliphatic carbocycles. The number of rotatable bonds is 2. The van der Waals surface area contributed by atoms with Crippen LogP contribution in [-0.4, -0.2) is 61.0 Å². The summed E-state index contributed by atoms with van der Waals surface area (Å²) in [5.74, 6) is 1.01. The number of morpholine rings is 1. The Kier molecular flexibility index (Phi) is 4.47. The lowest BCUT2D eigenvalue weighted by Gasteiger charge is -2.35. The second kappa shape index (κ2) is 6.52. The maximum absolute atomic E-state index is 12.6. The maximum Gasteiger partial charge on any atom is 0.289 e. The molecule has 120 valence electrons. The molecule has 1 aromatic heterocycles. The van der Waals surface area contributed by atoms with Crippen LogP contribution in [0.1, 0.15) is 29.2 Å². The van der Waals surface area contributed by atoms with Gasteiger partial charge in [0.25, 0.3) is 5.91 Å². The van der Waals surface area contributed by atoms with E-state index in [0.717, 1.165) is 18.6 Å². The SMILES string of the molecule is Cc1ccc(C(=O)N2CCCC(C(=O)N3CCOCC3)C2)o1. The van der Waals surface area contributed by atoms with Crippen molar-refractivity contribution in [3.8, 4) is 0 Å². The Bertz CT molecular complexity index is 548. The van der Waals surface area contributed by atoms with E-state index in [1.165, 1.54) is 0 Å². The Morgan fingerprint density at radius 1 is 1.14 bits per heavy atom. The van der Waals surface area contributed by atoms with Gasteiger partial charge in [-0.25, -0.2) is 0 Å². The Morgan fingerprint density at radius 3 is 2.59 bits per heavy atom. The fourth-order valence-corrected chi connectivity index (χ4v) is 3.11. The number of aryl methyl sites for hydroxylation is 1. The quantitative estimate of drug-likeness (QED) is 0.826. The molecule has 1 aromatic rings. The number of carbonyl (C=O) groups is 2. The minimum absolute atomic E-state index is 0.105. The molecule has 22 heavy (non-hydrogen) atoms.